The van der Waals surface area contributed by atoms with Crippen LogP contribution in [-0.2, 0) is 17.9 Å². The molecule has 0 bridgehead atoms. The van der Waals surface area contributed by atoms with Crippen molar-refractivity contribution in [3.63, 3.8) is 0 Å². The molecule has 0 saturated heterocycles. The maximum Gasteiger partial charge on any atom is 0.271 e. The molecule has 1 atom stereocenters. The Kier molecular flexibility index (Phi) is 5.71. The number of carbonyl (C=O) groups is 2. The molecule has 0 radical (unpaired) electrons. The van der Waals surface area contributed by atoms with Crippen LogP contribution < -0.4 is 14.8 Å². The van der Waals surface area contributed by atoms with E-state index < -0.39 is 5.54 Å². The van der Waals surface area contributed by atoms with E-state index in [0.717, 1.165) is 53.6 Å². The van der Waals surface area contributed by atoms with E-state index in [1.165, 1.54) is 0 Å². The third-order valence-electron chi connectivity index (χ3n) is 7.32. The highest BCUT2D eigenvalue weighted by Crippen LogP contribution is 2.35. The number of nitrogens with zero attached hydrogens (tertiary/aromatic N) is 2. The molecule has 7 nitrogen and oxygen atoms in total. The normalized spacial score (nSPS) is 20.4. The van der Waals surface area contributed by atoms with Gasteiger partial charge in [0.1, 0.15) is 22.7 Å². The Morgan fingerprint density at radius 2 is 1.71 bits per heavy atom. The van der Waals surface area contributed by atoms with E-state index >= 15 is 0 Å². The van der Waals surface area contributed by atoms with Crippen LogP contribution in [0.1, 0.15) is 48.7 Å². The van der Waals surface area contributed by atoms with Crippen LogP contribution in [0.2, 0.25) is 0 Å². The first-order valence-electron chi connectivity index (χ1n) is 11.9. The molecular weight excluding hydrogens is 430 g/mol. The van der Waals surface area contributed by atoms with Crippen molar-refractivity contribution in [2.45, 2.75) is 57.3 Å². The molecule has 3 aromatic rings. The van der Waals surface area contributed by atoms with Gasteiger partial charge in [0, 0.05) is 24.0 Å². The summed E-state index contributed by atoms with van der Waals surface area (Å²) in [6.45, 7) is 2.59. The fourth-order valence-electron chi connectivity index (χ4n) is 5.23. The molecule has 178 valence electrons. The molecule has 1 saturated carbocycles. The van der Waals surface area contributed by atoms with Crippen LogP contribution in [0.3, 0.4) is 0 Å². The van der Waals surface area contributed by atoms with Crippen molar-refractivity contribution in [2.75, 3.05) is 14.2 Å². The molecule has 1 fully saturated rings. The fourth-order valence-corrected chi connectivity index (χ4v) is 5.23. The van der Waals surface area contributed by atoms with Crippen molar-refractivity contribution in [3.8, 4) is 11.5 Å². The average Bonchev–Trinajstić information content (AvgIpc) is 3.49. The number of aromatic nitrogens is 1. The van der Waals surface area contributed by atoms with Crippen molar-refractivity contribution in [3.05, 3.63) is 59.8 Å². The second-order valence-corrected chi connectivity index (χ2v) is 9.51. The Balaban J connectivity index is 1.56. The zero-order chi connectivity index (χ0) is 23.9. The lowest BCUT2D eigenvalue weighted by molar-refractivity contribution is -0.133. The molecule has 7 heteroatoms. The fraction of sp³-hybridized carbons (Fsp3) is 0.407. The zero-order valence-corrected chi connectivity index (χ0v) is 20.0. The predicted molar refractivity (Wildman–Crippen MR) is 130 cm³/mol. The summed E-state index contributed by atoms with van der Waals surface area (Å²) in [4.78, 5) is 29.4. The molecule has 1 aliphatic heterocycles. The molecule has 2 aromatic carbocycles. The number of hydrogen-bond donors (Lipinski definition) is 1. The topological polar surface area (TPSA) is 72.8 Å². The smallest absolute Gasteiger partial charge is 0.271 e. The van der Waals surface area contributed by atoms with Gasteiger partial charge in [-0.25, -0.2) is 0 Å². The molecule has 2 aliphatic rings. The van der Waals surface area contributed by atoms with Crippen LogP contribution >= 0.6 is 0 Å². The van der Waals surface area contributed by atoms with Gasteiger partial charge in [0.2, 0.25) is 5.91 Å². The van der Waals surface area contributed by atoms with Gasteiger partial charge in [0.25, 0.3) is 5.91 Å². The lowest BCUT2D eigenvalue weighted by atomic mass is 9.93. The average molecular weight is 462 g/mol. The van der Waals surface area contributed by atoms with Gasteiger partial charge in [0.05, 0.1) is 26.3 Å². The van der Waals surface area contributed by atoms with Crippen molar-refractivity contribution in [2.24, 2.45) is 0 Å². The SMILES string of the molecule is COc1ccc(CN2C(=O)c3cc4ccc(OC)cc4n3CC2(C)C(=O)NC2CCCC2)cc1. The third-order valence-corrected chi connectivity index (χ3v) is 7.32. The van der Waals surface area contributed by atoms with Crippen LogP contribution in [0.15, 0.2) is 48.5 Å². The van der Waals surface area contributed by atoms with Crippen LogP contribution in [0.4, 0.5) is 0 Å². The third kappa shape index (κ3) is 3.79. The van der Waals surface area contributed by atoms with E-state index in [1.54, 1.807) is 19.1 Å². The Morgan fingerprint density at radius 1 is 1.03 bits per heavy atom. The second kappa shape index (κ2) is 8.70. The van der Waals surface area contributed by atoms with Crippen molar-refractivity contribution in [1.82, 2.24) is 14.8 Å². The number of ether oxygens (including phenoxy) is 2. The monoisotopic (exact) mass is 461 g/mol. The zero-order valence-electron chi connectivity index (χ0n) is 20.0. The number of methoxy groups -OCH3 is 2. The van der Waals surface area contributed by atoms with Gasteiger partial charge in [-0.2, -0.15) is 0 Å². The number of benzene rings is 2. The van der Waals surface area contributed by atoms with Gasteiger partial charge in [-0.05, 0) is 55.7 Å². The summed E-state index contributed by atoms with van der Waals surface area (Å²) < 4.78 is 12.7. The van der Waals surface area contributed by atoms with E-state index in [2.05, 4.69) is 5.32 Å². The number of amides is 2. The van der Waals surface area contributed by atoms with Gasteiger partial charge in [0.15, 0.2) is 0 Å². The summed E-state index contributed by atoms with van der Waals surface area (Å²) in [5.41, 5.74) is 1.39. The van der Waals surface area contributed by atoms with E-state index in [1.807, 2.05) is 60.0 Å². The summed E-state index contributed by atoms with van der Waals surface area (Å²) in [5.74, 6) is 1.22. The predicted octanol–water partition coefficient (Wildman–Crippen LogP) is 4.13. The van der Waals surface area contributed by atoms with Gasteiger partial charge >= 0.3 is 0 Å². The molecular formula is C27H31N3O4. The highest BCUT2D eigenvalue weighted by Gasteiger charge is 2.48. The molecule has 1 unspecified atom stereocenters. The molecule has 1 aliphatic carbocycles. The standard InChI is InChI=1S/C27H31N3O4/c1-27(26(32)28-20-6-4-5-7-20)17-29-23-15-22(34-3)13-10-19(23)14-24(29)25(31)30(27)16-18-8-11-21(33-2)12-9-18/h8-15,20H,4-7,16-17H2,1-3H3,(H,28,32). The highest BCUT2D eigenvalue weighted by atomic mass is 16.5. The molecule has 1 aromatic heterocycles. The quantitative estimate of drug-likeness (QED) is 0.599. The van der Waals surface area contributed by atoms with Crippen LogP contribution in [0.5, 0.6) is 11.5 Å². The highest BCUT2D eigenvalue weighted by molar-refractivity contribution is 6.03. The van der Waals surface area contributed by atoms with Crippen molar-refractivity contribution in [1.29, 1.82) is 0 Å². The summed E-state index contributed by atoms with van der Waals surface area (Å²) >= 11 is 0. The number of rotatable bonds is 6. The summed E-state index contributed by atoms with van der Waals surface area (Å²) in [5, 5.41) is 4.20. The van der Waals surface area contributed by atoms with Crippen molar-refractivity contribution < 1.29 is 19.1 Å². The van der Waals surface area contributed by atoms with E-state index in [-0.39, 0.29) is 17.9 Å². The van der Waals surface area contributed by atoms with Crippen molar-refractivity contribution >= 4 is 22.7 Å². The summed E-state index contributed by atoms with van der Waals surface area (Å²) in [6.07, 6.45) is 4.23. The maximum absolute atomic E-state index is 13.9. The first-order valence-corrected chi connectivity index (χ1v) is 11.9. The van der Waals surface area contributed by atoms with Crippen LogP contribution in [0.25, 0.3) is 10.9 Å². The largest absolute Gasteiger partial charge is 0.497 e. The van der Waals surface area contributed by atoms with Gasteiger partial charge in [-0.1, -0.05) is 25.0 Å². The molecule has 34 heavy (non-hydrogen) atoms. The molecule has 0 spiro atoms. The minimum atomic E-state index is -1.04. The second-order valence-electron chi connectivity index (χ2n) is 9.51. The minimum Gasteiger partial charge on any atom is -0.497 e. The van der Waals surface area contributed by atoms with Crippen LogP contribution in [-0.4, -0.2) is 47.1 Å². The number of carbonyl (C=O) groups excluding carboxylic acids is 2. The summed E-state index contributed by atoms with van der Waals surface area (Å²) in [6, 6.07) is 15.5. The first-order chi connectivity index (χ1) is 16.4. The van der Waals surface area contributed by atoms with E-state index in [4.69, 9.17) is 9.47 Å². The first kappa shape index (κ1) is 22.3. The maximum atomic E-state index is 13.9. The summed E-state index contributed by atoms with van der Waals surface area (Å²) in [7, 11) is 3.25. The molecule has 2 amide bonds. The van der Waals surface area contributed by atoms with E-state index in [0.29, 0.717) is 18.8 Å². The van der Waals surface area contributed by atoms with E-state index in [9.17, 15) is 9.59 Å². The van der Waals surface area contributed by atoms with Gasteiger partial charge in [-0.3, -0.25) is 9.59 Å². The number of hydrogen-bond acceptors (Lipinski definition) is 4. The van der Waals surface area contributed by atoms with Gasteiger partial charge in [-0.15, -0.1) is 0 Å². The number of nitrogens with one attached hydrogen (secondary N) is 1. The van der Waals surface area contributed by atoms with Gasteiger partial charge < -0.3 is 24.3 Å². The molecule has 1 N–H and O–H groups in total. The number of fused-ring (bicyclic) bond motifs is 3. The van der Waals surface area contributed by atoms with Crippen LogP contribution in [0, 0.1) is 0 Å². The Labute approximate surface area is 199 Å². The Bertz CT molecular complexity index is 1230. The molecule has 5 rings (SSSR count). The Morgan fingerprint density at radius 3 is 2.38 bits per heavy atom. The lowest BCUT2D eigenvalue weighted by Crippen LogP contribution is -2.64. The minimum absolute atomic E-state index is 0.100. The lowest BCUT2D eigenvalue weighted by Gasteiger charge is -2.44. The molecule has 2 heterocycles. The Hall–Kier alpha value is -3.48.